The zero-order valence-corrected chi connectivity index (χ0v) is 66.0. The van der Waals surface area contributed by atoms with Gasteiger partial charge in [-0.15, -0.1) is 0 Å². The Morgan fingerprint density at radius 1 is 0.604 bits per heavy atom. The third-order valence-corrected chi connectivity index (χ3v) is 19.9. The lowest BCUT2D eigenvalue weighted by Gasteiger charge is -2.39. The molecule has 13 amide bonds. The van der Waals surface area contributed by atoms with E-state index in [1.807, 2.05) is 13.8 Å². The number of ether oxygens (including phenoxy) is 1. The molecule has 1 aromatic carbocycles. The summed E-state index contributed by atoms with van der Waals surface area (Å²) in [6.45, 7) is 31.8. The number of nitrogens with one attached hydrogen (secondary N) is 12. The van der Waals surface area contributed by atoms with Gasteiger partial charge in [-0.1, -0.05) is 166 Å². The Bertz CT molecular complexity index is 3180. The summed E-state index contributed by atoms with van der Waals surface area (Å²) < 4.78 is 5.97. The first-order valence-electron chi connectivity index (χ1n) is 38.0. The zero-order chi connectivity index (χ0) is 80.1. The highest BCUT2D eigenvalue weighted by Crippen LogP contribution is 2.23. The van der Waals surface area contributed by atoms with Crippen LogP contribution < -0.4 is 69.5 Å². The number of nitrogens with two attached hydrogens (primary N) is 1. The fourth-order valence-electron chi connectivity index (χ4n) is 12.2. The number of benzene rings is 1. The van der Waals surface area contributed by atoms with Crippen molar-refractivity contribution in [3.8, 4) is 0 Å². The van der Waals surface area contributed by atoms with Crippen molar-refractivity contribution >= 4 is 82.8 Å². The molecule has 596 valence electrons. The molecule has 0 aromatic heterocycles. The minimum atomic E-state index is -1.83. The Balaban J connectivity index is 2.02. The highest BCUT2D eigenvalue weighted by atomic mass is 16.5. The third-order valence-electron chi connectivity index (χ3n) is 19.9. The van der Waals surface area contributed by atoms with Crippen LogP contribution in [-0.4, -0.2) is 191 Å². The Labute approximate surface area is 626 Å². The van der Waals surface area contributed by atoms with Crippen LogP contribution in [0.1, 0.15) is 201 Å². The molecule has 30 heteroatoms. The maximum Gasteiger partial charge on any atom is 0.329 e. The van der Waals surface area contributed by atoms with Gasteiger partial charge in [0.1, 0.15) is 84.3 Å². The van der Waals surface area contributed by atoms with Crippen molar-refractivity contribution in [1.82, 2.24) is 68.7 Å². The van der Waals surface area contributed by atoms with Crippen LogP contribution in [0.5, 0.6) is 0 Å². The van der Waals surface area contributed by atoms with Crippen LogP contribution in [-0.2, 0) is 78.3 Å². The van der Waals surface area contributed by atoms with Crippen molar-refractivity contribution in [1.29, 1.82) is 0 Å². The van der Waals surface area contributed by atoms with Gasteiger partial charge in [-0.25, -0.2) is 4.79 Å². The molecule has 0 bridgehead atoms. The third kappa shape index (κ3) is 27.7. The maximum atomic E-state index is 15.1. The zero-order valence-electron chi connectivity index (χ0n) is 66.0. The topological polar surface area (TPSA) is 442 Å². The van der Waals surface area contributed by atoms with E-state index in [-0.39, 0.29) is 69.1 Å². The van der Waals surface area contributed by atoms with Gasteiger partial charge in [0.05, 0.1) is 6.10 Å². The van der Waals surface area contributed by atoms with E-state index >= 15 is 9.59 Å². The van der Waals surface area contributed by atoms with Crippen molar-refractivity contribution < 1.29 is 77.0 Å². The number of nitrogens with zero attached hydrogens (tertiary/aromatic N) is 1. The molecule has 2 fully saturated rings. The lowest BCUT2D eigenvalue weighted by atomic mass is 9.95. The molecule has 0 saturated carbocycles. The molecule has 3 rings (SSSR count). The average Bonchev–Trinajstić information content (AvgIpc) is 0.825. The Kier molecular flexibility index (Phi) is 38.5. The van der Waals surface area contributed by atoms with Gasteiger partial charge in [0.15, 0.2) is 0 Å². The summed E-state index contributed by atoms with van der Waals surface area (Å²) in [6, 6.07) is -7.70. The number of amides is 13. The van der Waals surface area contributed by atoms with E-state index in [1.54, 1.807) is 127 Å². The van der Waals surface area contributed by atoms with Crippen molar-refractivity contribution in [2.24, 2.45) is 53.1 Å². The number of carbonyl (C=O) groups is 14. The van der Waals surface area contributed by atoms with E-state index < -0.39 is 203 Å². The fraction of sp³-hybridized carbons (Fsp3) is 0.711. The van der Waals surface area contributed by atoms with E-state index in [4.69, 9.17) is 10.5 Å². The molecule has 0 unspecified atom stereocenters. The minimum absolute atomic E-state index is 0.0355. The maximum absolute atomic E-state index is 15.1. The number of hydrogen-bond acceptors (Lipinski definition) is 17. The molecule has 30 nitrogen and oxygen atoms in total. The van der Waals surface area contributed by atoms with Gasteiger partial charge in [0.25, 0.3) is 5.91 Å². The second kappa shape index (κ2) is 44.6. The number of rotatable bonds is 33. The minimum Gasteiger partial charge on any atom is -0.458 e. The lowest BCUT2D eigenvalue weighted by Crippen LogP contribution is -2.64. The Hall–Kier alpha value is -8.54. The highest BCUT2D eigenvalue weighted by molar-refractivity contribution is 6.03. The molecule has 106 heavy (non-hydrogen) atoms. The number of piperidine rings is 1. The number of hydrogen-bond donors (Lipinski definition) is 14. The first-order chi connectivity index (χ1) is 49.8. The number of carbonyl (C=O) groups excluding carboxylic acids is 14. The molecule has 0 spiro atoms. The SMILES string of the molecule is C/C=C1\NC(=O)[C@H](Cc2ccccc2)NC(=O)[C@@H](C(C)C)NC(=O)[C@@H]([C@@H](C)CC)NC(=O)[C@H](NC(=O)[C@H](NC(=O)[C@H](CCCN)NC(=O)[C@H]2CCCCN2C(=O)[C@H](NC(=O)[C@@H](NC(=O)[C@@H](NC(=O)[C@H](NC(=O)CC[C@@H](C)CC)C(C)C)[C@@H](C)O)C(C)C)C(C)C)[C@@H](C)CC)[C@@H](C)OC(=O)[C@H](C(C)C)NC1=O. The number of cyclic esters (lactones) is 1. The molecule has 1 aromatic rings. The van der Waals surface area contributed by atoms with Crippen LogP contribution in [0.3, 0.4) is 0 Å². The molecule has 2 heterocycles. The van der Waals surface area contributed by atoms with Gasteiger partial charge in [-0.3, -0.25) is 62.3 Å². The van der Waals surface area contributed by atoms with Gasteiger partial charge in [-0.05, 0) is 119 Å². The summed E-state index contributed by atoms with van der Waals surface area (Å²) in [5.41, 5.74) is 6.36. The normalized spacial score (nSPS) is 22.8. The molecule has 2 saturated heterocycles. The number of likely N-dealkylation sites (tertiary alicyclic amines) is 1. The lowest BCUT2D eigenvalue weighted by molar-refractivity contribution is -0.157. The second-order valence-corrected chi connectivity index (χ2v) is 30.3. The van der Waals surface area contributed by atoms with Crippen LogP contribution in [0, 0.1) is 47.3 Å². The summed E-state index contributed by atoms with van der Waals surface area (Å²) in [4.78, 5) is 203. The first-order valence-corrected chi connectivity index (χ1v) is 38.0. The molecule has 17 atom stereocenters. The van der Waals surface area contributed by atoms with Gasteiger partial charge < -0.3 is 84.3 Å². The predicted molar refractivity (Wildman–Crippen MR) is 400 cm³/mol. The second-order valence-electron chi connectivity index (χ2n) is 30.3. The highest BCUT2D eigenvalue weighted by Gasteiger charge is 2.44. The molecule has 15 N–H and O–H groups in total. The summed E-state index contributed by atoms with van der Waals surface area (Å²) >= 11 is 0. The number of esters is 1. The Morgan fingerprint density at radius 3 is 1.69 bits per heavy atom. The summed E-state index contributed by atoms with van der Waals surface area (Å²) in [5, 5.41) is 43.3. The van der Waals surface area contributed by atoms with Crippen molar-refractivity contribution in [2.75, 3.05) is 13.1 Å². The van der Waals surface area contributed by atoms with Gasteiger partial charge in [-0.2, -0.15) is 0 Å². The summed E-state index contributed by atoms with van der Waals surface area (Å²) in [5.74, 6) is -15.2. The summed E-state index contributed by atoms with van der Waals surface area (Å²) in [7, 11) is 0. The van der Waals surface area contributed by atoms with Crippen LogP contribution in [0.25, 0.3) is 0 Å². The van der Waals surface area contributed by atoms with Crippen LogP contribution >= 0.6 is 0 Å². The van der Waals surface area contributed by atoms with E-state index in [9.17, 15) is 62.6 Å². The van der Waals surface area contributed by atoms with E-state index in [0.29, 0.717) is 31.2 Å². The molecule has 2 aliphatic rings. The molecule has 0 aliphatic carbocycles. The van der Waals surface area contributed by atoms with Crippen molar-refractivity contribution in [3.63, 3.8) is 0 Å². The smallest absolute Gasteiger partial charge is 0.329 e. The molecule has 0 radical (unpaired) electrons. The van der Waals surface area contributed by atoms with Crippen LogP contribution in [0.2, 0.25) is 0 Å². The fourth-order valence-corrected chi connectivity index (χ4v) is 12.2. The monoisotopic (exact) mass is 1490 g/mol. The van der Waals surface area contributed by atoms with Crippen molar-refractivity contribution in [2.45, 2.75) is 287 Å². The van der Waals surface area contributed by atoms with E-state index in [1.165, 1.54) is 31.7 Å². The number of aliphatic hydroxyl groups is 1. The quantitative estimate of drug-likeness (QED) is 0.0354. The van der Waals surface area contributed by atoms with Crippen molar-refractivity contribution in [3.05, 3.63) is 47.7 Å². The van der Waals surface area contributed by atoms with Crippen LogP contribution in [0.15, 0.2) is 42.1 Å². The molecular formula is C76H126N14O16. The average molecular weight is 1490 g/mol. The molecule has 2 aliphatic heterocycles. The first kappa shape index (κ1) is 91.7. The summed E-state index contributed by atoms with van der Waals surface area (Å²) in [6.07, 6.45) is 1.69. The van der Waals surface area contributed by atoms with E-state index in [2.05, 4.69) is 63.8 Å². The Morgan fingerprint density at radius 2 is 1.15 bits per heavy atom. The number of allylic oxidation sites excluding steroid dienone is 1. The number of aliphatic hydroxyl groups excluding tert-OH is 1. The predicted octanol–water partition coefficient (Wildman–Crippen LogP) is 2.23. The molecular weight excluding hydrogens is 1360 g/mol. The van der Waals surface area contributed by atoms with Gasteiger partial charge in [0, 0.05) is 19.4 Å². The largest absolute Gasteiger partial charge is 0.458 e. The van der Waals surface area contributed by atoms with Gasteiger partial charge >= 0.3 is 5.97 Å². The standard InChI is InChI=1S/C76H126N14O16/c1-20-44(15)34-35-54(92)81-55(39(5)6)69(98)88-62(47(18)91)73(102)83-57(41(9)10)70(99)84-58(42(11)12)75(104)90-37-28-27-33-53(90)67(96)79-51(32-29-36-77)65(94)86-60(45(16)21-2)72(101)89-63-48(19)106-76(105)59(43(13)14)85-64(93)50(23-4)78-66(95)52(38-49-30-25-24-26-31-49)80-68(97)56(40(7)8)82-71(100)61(46(17)22-3)87-74(63)103/h23-26,30-31,39-48,51-53,55-63,91H,20-22,27-29,32-38,77H2,1-19H3,(H,78,95)(H,79,96)(H,80,97)(H,81,92)(H,82,100)(H,83,102)(H,84,99)(H,85,93)(H,86,94)(H,87,103)(H,88,98)(H,89,101)/b50-23-/t44-,45-,46-,47+,48+,51-,52-,53+,55+,56+,57-,58+,59-,60+,61+,62-,63+/m0/s1. The van der Waals surface area contributed by atoms with Gasteiger partial charge in [0.2, 0.25) is 70.9 Å². The van der Waals surface area contributed by atoms with E-state index in [0.717, 1.165) is 6.42 Å². The van der Waals surface area contributed by atoms with Crippen LogP contribution in [0.4, 0.5) is 0 Å².